The SMILES string of the molecule is OCCN(Cc1cc(F)cc(Br)c1)C1CCCC1. The highest BCUT2D eigenvalue weighted by Crippen LogP contribution is 2.25. The third kappa shape index (κ3) is 3.77. The summed E-state index contributed by atoms with van der Waals surface area (Å²) in [6.45, 7) is 1.54. The van der Waals surface area contributed by atoms with Gasteiger partial charge >= 0.3 is 0 Å². The molecular weight excluding hydrogens is 297 g/mol. The molecule has 1 N–H and O–H groups in total. The number of benzene rings is 1. The topological polar surface area (TPSA) is 23.5 Å². The molecule has 0 bridgehead atoms. The van der Waals surface area contributed by atoms with E-state index in [2.05, 4.69) is 20.8 Å². The normalized spacial score (nSPS) is 16.7. The molecule has 0 amide bonds. The van der Waals surface area contributed by atoms with Crippen molar-refractivity contribution in [2.45, 2.75) is 38.3 Å². The van der Waals surface area contributed by atoms with Gasteiger partial charge in [0.05, 0.1) is 6.61 Å². The summed E-state index contributed by atoms with van der Waals surface area (Å²) in [4.78, 5) is 2.27. The van der Waals surface area contributed by atoms with Crippen molar-refractivity contribution in [3.05, 3.63) is 34.1 Å². The molecule has 1 aromatic rings. The molecule has 0 spiro atoms. The van der Waals surface area contributed by atoms with Gasteiger partial charge in [0.2, 0.25) is 0 Å². The van der Waals surface area contributed by atoms with Crippen molar-refractivity contribution in [3.63, 3.8) is 0 Å². The van der Waals surface area contributed by atoms with Crippen LogP contribution < -0.4 is 0 Å². The van der Waals surface area contributed by atoms with Gasteiger partial charge in [-0.05, 0) is 36.6 Å². The third-order valence-corrected chi connectivity index (χ3v) is 3.99. The minimum absolute atomic E-state index is 0.160. The zero-order chi connectivity index (χ0) is 13.0. The molecule has 0 aliphatic heterocycles. The Hall–Kier alpha value is -0.450. The van der Waals surface area contributed by atoms with E-state index in [1.165, 1.54) is 31.7 Å². The van der Waals surface area contributed by atoms with Crippen LogP contribution >= 0.6 is 15.9 Å². The molecule has 0 saturated heterocycles. The van der Waals surface area contributed by atoms with E-state index >= 15 is 0 Å². The number of aliphatic hydroxyl groups is 1. The van der Waals surface area contributed by atoms with Crippen molar-refractivity contribution in [1.82, 2.24) is 4.90 Å². The molecule has 2 nitrogen and oxygen atoms in total. The lowest BCUT2D eigenvalue weighted by atomic mass is 10.1. The highest BCUT2D eigenvalue weighted by molar-refractivity contribution is 9.10. The lowest BCUT2D eigenvalue weighted by Gasteiger charge is -2.28. The van der Waals surface area contributed by atoms with Crippen LogP contribution in [0.15, 0.2) is 22.7 Å². The molecule has 1 aliphatic rings. The summed E-state index contributed by atoms with van der Waals surface area (Å²) in [6.07, 6.45) is 4.91. The molecule has 1 saturated carbocycles. The largest absolute Gasteiger partial charge is 0.395 e. The Morgan fingerprint density at radius 2 is 2.00 bits per heavy atom. The zero-order valence-corrected chi connectivity index (χ0v) is 12.0. The van der Waals surface area contributed by atoms with Crippen molar-refractivity contribution in [1.29, 1.82) is 0 Å². The van der Waals surface area contributed by atoms with Gasteiger partial charge in [-0.2, -0.15) is 0 Å². The van der Waals surface area contributed by atoms with Crippen LogP contribution in [0.3, 0.4) is 0 Å². The molecule has 0 atom stereocenters. The molecule has 2 rings (SSSR count). The first kappa shape index (κ1) is 14.0. The van der Waals surface area contributed by atoms with Gasteiger partial charge in [-0.25, -0.2) is 4.39 Å². The standard InChI is InChI=1S/C14H19BrFNO/c15-12-7-11(8-13(16)9-12)10-17(5-6-18)14-3-1-2-4-14/h7-9,14,18H,1-6,10H2. The molecule has 1 fully saturated rings. The van der Waals surface area contributed by atoms with Crippen LogP contribution in [0.5, 0.6) is 0 Å². The van der Waals surface area contributed by atoms with E-state index in [0.29, 0.717) is 19.1 Å². The van der Waals surface area contributed by atoms with E-state index in [4.69, 9.17) is 5.11 Å². The van der Waals surface area contributed by atoms with Gasteiger partial charge in [-0.3, -0.25) is 4.90 Å². The Kier molecular flexibility index (Phi) is 5.15. The van der Waals surface area contributed by atoms with Gasteiger partial charge in [0, 0.05) is 23.6 Å². The molecule has 0 radical (unpaired) electrons. The Bertz CT molecular complexity index is 373. The van der Waals surface area contributed by atoms with Crippen molar-refractivity contribution in [2.75, 3.05) is 13.2 Å². The van der Waals surface area contributed by atoms with Crippen LogP contribution in [0.25, 0.3) is 0 Å². The van der Waals surface area contributed by atoms with Gasteiger partial charge < -0.3 is 5.11 Å². The highest BCUT2D eigenvalue weighted by atomic mass is 79.9. The molecule has 100 valence electrons. The minimum Gasteiger partial charge on any atom is -0.395 e. The van der Waals surface area contributed by atoms with Crippen LogP contribution in [0, 0.1) is 5.82 Å². The molecule has 18 heavy (non-hydrogen) atoms. The maximum Gasteiger partial charge on any atom is 0.124 e. The van der Waals surface area contributed by atoms with Gasteiger partial charge in [0.1, 0.15) is 5.82 Å². The number of halogens is 2. The average Bonchev–Trinajstić information content (AvgIpc) is 2.80. The van der Waals surface area contributed by atoms with Crippen molar-refractivity contribution in [3.8, 4) is 0 Å². The zero-order valence-electron chi connectivity index (χ0n) is 10.4. The maximum absolute atomic E-state index is 13.3. The second-order valence-electron chi connectivity index (χ2n) is 4.91. The van der Waals surface area contributed by atoms with Gasteiger partial charge in [-0.1, -0.05) is 28.8 Å². The first-order valence-electron chi connectivity index (χ1n) is 6.49. The Morgan fingerprint density at radius 3 is 2.61 bits per heavy atom. The van der Waals surface area contributed by atoms with Crippen LogP contribution in [0.2, 0.25) is 0 Å². The molecule has 4 heteroatoms. The monoisotopic (exact) mass is 315 g/mol. The summed E-state index contributed by atoms with van der Waals surface area (Å²) in [6, 6.07) is 5.53. The van der Waals surface area contributed by atoms with E-state index < -0.39 is 0 Å². The summed E-state index contributed by atoms with van der Waals surface area (Å²) in [5, 5.41) is 9.16. The number of rotatable bonds is 5. The number of nitrogens with zero attached hydrogens (tertiary/aromatic N) is 1. The molecule has 0 unspecified atom stereocenters. The van der Waals surface area contributed by atoms with E-state index in [-0.39, 0.29) is 12.4 Å². The first-order valence-corrected chi connectivity index (χ1v) is 7.28. The highest BCUT2D eigenvalue weighted by Gasteiger charge is 2.22. The van der Waals surface area contributed by atoms with Crippen molar-refractivity contribution < 1.29 is 9.50 Å². The Morgan fingerprint density at radius 1 is 1.28 bits per heavy atom. The number of hydrogen-bond acceptors (Lipinski definition) is 2. The summed E-state index contributed by atoms with van der Waals surface area (Å²) in [5.41, 5.74) is 0.960. The summed E-state index contributed by atoms with van der Waals surface area (Å²) in [7, 11) is 0. The van der Waals surface area contributed by atoms with E-state index in [1.54, 1.807) is 6.07 Å². The van der Waals surface area contributed by atoms with E-state index in [0.717, 1.165) is 10.0 Å². The third-order valence-electron chi connectivity index (χ3n) is 3.54. The van der Waals surface area contributed by atoms with Crippen LogP contribution in [-0.4, -0.2) is 29.2 Å². The van der Waals surface area contributed by atoms with Crippen LogP contribution in [-0.2, 0) is 6.54 Å². The molecule has 0 heterocycles. The number of hydrogen-bond donors (Lipinski definition) is 1. The van der Waals surface area contributed by atoms with Gasteiger partial charge in [0.25, 0.3) is 0 Å². The lowest BCUT2D eigenvalue weighted by Crippen LogP contribution is -2.35. The Labute approximate surface area is 116 Å². The number of aliphatic hydroxyl groups excluding tert-OH is 1. The summed E-state index contributed by atoms with van der Waals surface area (Å²) >= 11 is 3.32. The maximum atomic E-state index is 13.3. The quantitative estimate of drug-likeness (QED) is 0.901. The molecular formula is C14H19BrFNO. The van der Waals surface area contributed by atoms with Gasteiger partial charge in [-0.15, -0.1) is 0 Å². The van der Waals surface area contributed by atoms with Crippen LogP contribution in [0.1, 0.15) is 31.2 Å². The molecule has 1 aliphatic carbocycles. The first-order chi connectivity index (χ1) is 8.69. The fourth-order valence-electron chi connectivity index (χ4n) is 2.73. The second kappa shape index (κ2) is 6.64. The summed E-state index contributed by atoms with van der Waals surface area (Å²) < 4.78 is 14.1. The minimum atomic E-state index is -0.213. The summed E-state index contributed by atoms with van der Waals surface area (Å²) in [5.74, 6) is -0.213. The predicted molar refractivity (Wildman–Crippen MR) is 73.9 cm³/mol. The Balaban J connectivity index is 2.07. The predicted octanol–water partition coefficient (Wildman–Crippen LogP) is 3.33. The molecule has 1 aromatic carbocycles. The fraction of sp³-hybridized carbons (Fsp3) is 0.571. The van der Waals surface area contributed by atoms with E-state index in [1.807, 2.05) is 6.07 Å². The smallest absolute Gasteiger partial charge is 0.124 e. The second-order valence-corrected chi connectivity index (χ2v) is 5.83. The fourth-order valence-corrected chi connectivity index (χ4v) is 3.24. The van der Waals surface area contributed by atoms with Gasteiger partial charge in [0.15, 0.2) is 0 Å². The van der Waals surface area contributed by atoms with Crippen LogP contribution in [0.4, 0.5) is 4.39 Å². The lowest BCUT2D eigenvalue weighted by molar-refractivity contribution is 0.144. The molecule has 0 aromatic heterocycles. The van der Waals surface area contributed by atoms with E-state index in [9.17, 15) is 4.39 Å². The average molecular weight is 316 g/mol. The van der Waals surface area contributed by atoms with Crippen molar-refractivity contribution in [2.24, 2.45) is 0 Å². The van der Waals surface area contributed by atoms with Crippen molar-refractivity contribution >= 4 is 15.9 Å².